The zero-order chi connectivity index (χ0) is 12.8. The quantitative estimate of drug-likeness (QED) is 0.800. The molecule has 1 nitrogen and oxygen atoms in total. The Kier molecular flexibility index (Phi) is 6.32. The lowest BCUT2D eigenvalue weighted by Gasteiger charge is -2.20. The van der Waals surface area contributed by atoms with Crippen molar-refractivity contribution in [1.82, 2.24) is 0 Å². The van der Waals surface area contributed by atoms with Gasteiger partial charge in [-0.1, -0.05) is 56.0 Å². The fraction of sp³-hybridized carbons (Fsp3) is 0.571. The molecule has 0 bridgehead atoms. The third kappa shape index (κ3) is 4.50. The maximum absolute atomic E-state index is 6.21. The van der Waals surface area contributed by atoms with Crippen LogP contribution >= 0.6 is 23.2 Å². The first-order valence-electron chi connectivity index (χ1n) is 6.24. The Morgan fingerprint density at radius 1 is 1.24 bits per heavy atom. The summed E-state index contributed by atoms with van der Waals surface area (Å²) in [5.74, 6) is 0.502. The number of halogens is 2. The molecular formula is C14H21Cl2N. The van der Waals surface area contributed by atoms with Gasteiger partial charge in [0.1, 0.15) is 0 Å². The van der Waals surface area contributed by atoms with Crippen LogP contribution in [-0.4, -0.2) is 6.04 Å². The second-order valence-corrected chi connectivity index (χ2v) is 5.50. The van der Waals surface area contributed by atoms with Gasteiger partial charge in [0, 0.05) is 16.1 Å². The predicted octanol–water partition coefficient (Wildman–Crippen LogP) is 4.69. The summed E-state index contributed by atoms with van der Waals surface area (Å²) in [7, 11) is 0. The van der Waals surface area contributed by atoms with E-state index in [-0.39, 0.29) is 6.04 Å². The van der Waals surface area contributed by atoms with Crippen molar-refractivity contribution < 1.29 is 0 Å². The molecule has 17 heavy (non-hydrogen) atoms. The Bertz CT molecular complexity index is 332. The van der Waals surface area contributed by atoms with Crippen molar-refractivity contribution in [3.63, 3.8) is 0 Å². The molecule has 3 heteroatoms. The van der Waals surface area contributed by atoms with E-state index in [2.05, 4.69) is 13.8 Å². The number of unbranched alkanes of at least 4 members (excludes halogenated alkanes) is 1. The van der Waals surface area contributed by atoms with Gasteiger partial charge in [0.2, 0.25) is 0 Å². The average molecular weight is 274 g/mol. The van der Waals surface area contributed by atoms with Gasteiger partial charge < -0.3 is 5.73 Å². The normalized spacial score (nSPS) is 14.6. The van der Waals surface area contributed by atoms with Crippen LogP contribution in [0.3, 0.4) is 0 Å². The Balaban J connectivity index is 2.64. The summed E-state index contributed by atoms with van der Waals surface area (Å²) >= 11 is 12.3. The molecule has 0 radical (unpaired) electrons. The van der Waals surface area contributed by atoms with E-state index in [1.165, 1.54) is 19.3 Å². The molecule has 0 heterocycles. The molecule has 0 aliphatic heterocycles. The van der Waals surface area contributed by atoms with Crippen molar-refractivity contribution in [2.45, 2.75) is 45.6 Å². The van der Waals surface area contributed by atoms with Gasteiger partial charge in [-0.15, -0.1) is 0 Å². The molecule has 0 spiro atoms. The predicted molar refractivity (Wildman–Crippen MR) is 76.8 cm³/mol. The molecule has 2 N–H and O–H groups in total. The largest absolute Gasteiger partial charge is 0.327 e. The SMILES string of the molecule is CCCCC(C)C(N)Cc1c(Cl)cccc1Cl. The van der Waals surface area contributed by atoms with E-state index in [1.54, 1.807) is 0 Å². The van der Waals surface area contributed by atoms with Crippen LogP contribution in [0.5, 0.6) is 0 Å². The smallest absolute Gasteiger partial charge is 0.0453 e. The fourth-order valence-corrected chi connectivity index (χ4v) is 2.46. The van der Waals surface area contributed by atoms with E-state index in [0.29, 0.717) is 5.92 Å². The molecule has 0 amide bonds. The molecule has 1 rings (SSSR count). The van der Waals surface area contributed by atoms with E-state index in [1.807, 2.05) is 18.2 Å². The van der Waals surface area contributed by atoms with Crippen molar-refractivity contribution in [1.29, 1.82) is 0 Å². The topological polar surface area (TPSA) is 26.0 Å². The van der Waals surface area contributed by atoms with Crippen molar-refractivity contribution in [2.24, 2.45) is 11.7 Å². The second kappa shape index (κ2) is 7.25. The number of rotatable bonds is 6. The highest BCUT2D eigenvalue weighted by atomic mass is 35.5. The van der Waals surface area contributed by atoms with Gasteiger partial charge in [-0.2, -0.15) is 0 Å². The number of hydrogen-bond acceptors (Lipinski definition) is 1. The van der Waals surface area contributed by atoms with Crippen LogP contribution in [0.15, 0.2) is 18.2 Å². The molecule has 2 unspecified atom stereocenters. The van der Waals surface area contributed by atoms with E-state index in [9.17, 15) is 0 Å². The van der Waals surface area contributed by atoms with Crippen LogP contribution in [0.4, 0.5) is 0 Å². The molecule has 96 valence electrons. The minimum absolute atomic E-state index is 0.124. The lowest BCUT2D eigenvalue weighted by atomic mass is 9.91. The van der Waals surface area contributed by atoms with Gasteiger partial charge in [0.15, 0.2) is 0 Å². The number of benzene rings is 1. The fourth-order valence-electron chi connectivity index (χ4n) is 1.90. The van der Waals surface area contributed by atoms with Gasteiger partial charge in [0.05, 0.1) is 0 Å². The van der Waals surface area contributed by atoms with Crippen LogP contribution in [0.2, 0.25) is 10.0 Å². The van der Waals surface area contributed by atoms with Crippen molar-refractivity contribution in [2.75, 3.05) is 0 Å². The van der Waals surface area contributed by atoms with E-state index in [4.69, 9.17) is 28.9 Å². The van der Waals surface area contributed by atoms with Crippen LogP contribution in [0, 0.1) is 5.92 Å². The third-order valence-corrected chi connectivity index (χ3v) is 3.95. The Morgan fingerprint density at radius 3 is 2.35 bits per heavy atom. The highest BCUT2D eigenvalue weighted by molar-refractivity contribution is 6.35. The monoisotopic (exact) mass is 273 g/mol. The van der Waals surface area contributed by atoms with Gasteiger partial charge in [-0.05, 0) is 36.5 Å². The minimum Gasteiger partial charge on any atom is -0.327 e. The van der Waals surface area contributed by atoms with Crippen LogP contribution in [0.25, 0.3) is 0 Å². The first kappa shape index (κ1) is 14.8. The van der Waals surface area contributed by atoms with Crippen molar-refractivity contribution in [3.05, 3.63) is 33.8 Å². The molecule has 1 aromatic rings. The van der Waals surface area contributed by atoms with E-state index < -0.39 is 0 Å². The first-order valence-corrected chi connectivity index (χ1v) is 7.00. The Morgan fingerprint density at radius 2 is 1.82 bits per heavy atom. The highest BCUT2D eigenvalue weighted by Crippen LogP contribution is 2.27. The number of hydrogen-bond donors (Lipinski definition) is 1. The standard InChI is InChI=1S/C14H21Cl2N/c1-3-4-6-10(2)14(17)9-11-12(15)7-5-8-13(11)16/h5,7-8,10,14H,3-4,6,9,17H2,1-2H3. The second-order valence-electron chi connectivity index (χ2n) is 4.69. The summed E-state index contributed by atoms with van der Waals surface area (Å²) in [4.78, 5) is 0. The summed E-state index contributed by atoms with van der Waals surface area (Å²) in [6.07, 6.45) is 4.36. The zero-order valence-electron chi connectivity index (χ0n) is 10.5. The Hall–Kier alpha value is -0.240. The molecule has 0 aromatic heterocycles. The lowest BCUT2D eigenvalue weighted by molar-refractivity contribution is 0.411. The van der Waals surface area contributed by atoms with E-state index >= 15 is 0 Å². The summed E-state index contributed by atoms with van der Waals surface area (Å²) in [5.41, 5.74) is 7.19. The summed E-state index contributed by atoms with van der Waals surface area (Å²) in [6.45, 7) is 4.40. The molecule has 0 aliphatic carbocycles. The van der Waals surface area contributed by atoms with Crippen LogP contribution in [-0.2, 0) is 6.42 Å². The zero-order valence-corrected chi connectivity index (χ0v) is 12.1. The molecule has 2 atom stereocenters. The number of nitrogens with two attached hydrogens (primary N) is 1. The molecule has 1 aromatic carbocycles. The molecular weight excluding hydrogens is 253 g/mol. The molecule has 0 fully saturated rings. The highest BCUT2D eigenvalue weighted by Gasteiger charge is 2.16. The molecule has 0 saturated heterocycles. The van der Waals surface area contributed by atoms with Crippen molar-refractivity contribution >= 4 is 23.2 Å². The third-order valence-electron chi connectivity index (χ3n) is 3.25. The summed E-state index contributed by atoms with van der Waals surface area (Å²) in [5, 5.41) is 1.44. The maximum Gasteiger partial charge on any atom is 0.0453 e. The maximum atomic E-state index is 6.21. The minimum atomic E-state index is 0.124. The van der Waals surface area contributed by atoms with Crippen molar-refractivity contribution in [3.8, 4) is 0 Å². The van der Waals surface area contributed by atoms with Gasteiger partial charge in [-0.25, -0.2) is 0 Å². The lowest BCUT2D eigenvalue weighted by Crippen LogP contribution is -2.30. The summed E-state index contributed by atoms with van der Waals surface area (Å²) < 4.78 is 0. The molecule has 0 aliphatic rings. The Labute approximate surface area is 114 Å². The van der Waals surface area contributed by atoms with Gasteiger partial charge >= 0.3 is 0 Å². The van der Waals surface area contributed by atoms with Gasteiger partial charge in [-0.3, -0.25) is 0 Å². The average Bonchev–Trinajstić information content (AvgIpc) is 2.30. The van der Waals surface area contributed by atoms with Crippen LogP contribution < -0.4 is 5.73 Å². The van der Waals surface area contributed by atoms with Gasteiger partial charge in [0.25, 0.3) is 0 Å². The van der Waals surface area contributed by atoms with E-state index in [0.717, 1.165) is 22.0 Å². The molecule has 0 saturated carbocycles. The summed E-state index contributed by atoms with van der Waals surface area (Å²) in [6, 6.07) is 5.72. The van der Waals surface area contributed by atoms with Crippen LogP contribution in [0.1, 0.15) is 38.7 Å². The first-order chi connectivity index (χ1) is 8.06.